The summed E-state index contributed by atoms with van der Waals surface area (Å²) in [6.07, 6.45) is 6.18. The molecule has 1 aromatic carbocycles. The van der Waals surface area contributed by atoms with Gasteiger partial charge in [-0.15, -0.1) is 0 Å². The monoisotopic (exact) mass is 250 g/mol. The first-order valence-corrected chi connectivity index (χ1v) is 6.47. The predicted molar refractivity (Wildman–Crippen MR) is 69.3 cm³/mol. The normalized spacial score (nSPS) is 17.7. The van der Waals surface area contributed by atoms with Crippen molar-refractivity contribution >= 4 is 28.4 Å². The van der Waals surface area contributed by atoms with E-state index in [9.17, 15) is 0 Å². The Labute approximate surface area is 105 Å². The zero-order valence-corrected chi connectivity index (χ0v) is 10.3. The molecule has 2 N–H and O–H groups in total. The Bertz CT molecular complexity index is 544. The van der Waals surface area contributed by atoms with Crippen LogP contribution in [0.3, 0.4) is 0 Å². The maximum absolute atomic E-state index is 6.10. The second-order valence-corrected chi connectivity index (χ2v) is 5.15. The van der Waals surface area contributed by atoms with E-state index in [4.69, 9.17) is 21.8 Å². The van der Waals surface area contributed by atoms with E-state index >= 15 is 0 Å². The molecular weight excluding hydrogens is 236 g/mol. The molecule has 3 nitrogen and oxygen atoms in total. The van der Waals surface area contributed by atoms with Gasteiger partial charge in [0.2, 0.25) is 0 Å². The molecule has 0 saturated heterocycles. The standard InChI is InChI=1S/C13H15ClN2O/c14-10-6-9(15)7-11-12(10)17-13(16-11)8-4-2-1-3-5-8/h6-8H,1-5,15H2. The summed E-state index contributed by atoms with van der Waals surface area (Å²) in [6.45, 7) is 0. The van der Waals surface area contributed by atoms with Crippen molar-refractivity contribution in [2.24, 2.45) is 0 Å². The van der Waals surface area contributed by atoms with Crippen molar-refractivity contribution in [2.75, 3.05) is 5.73 Å². The number of rotatable bonds is 1. The van der Waals surface area contributed by atoms with E-state index in [2.05, 4.69) is 4.98 Å². The van der Waals surface area contributed by atoms with Gasteiger partial charge in [0.15, 0.2) is 11.5 Å². The fraction of sp³-hybridized carbons (Fsp3) is 0.462. The number of nitrogens with two attached hydrogens (primary N) is 1. The van der Waals surface area contributed by atoms with Crippen LogP contribution >= 0.6 is 11.6 Å². The summed E-state index contributed by atoms with van der Waals surface area (Å²) < 4.78 is 5.79. The minimum absolute atomic E-state index is 0.452. The van der Waals surface area contributed by atoms with Crippen LogP contribution in [0.5, 0.6) is 0 Å². The number of hydrogen-bond acceptors (Lipinski definition) is 3. The summed E-state index contributed by atoms with van der Waals surface area (Å²) in [5, 5.41) is 0.551. The first-order valence-electron chi connectivity index (χ1n) is 6.09. The van der Waals surface area contributed by atoms with Crippen molar-refractivity contribution in [1.82, 2.24) is 4.98 Å². The van der Waals surface area contributed by atoms with Crippen LogP contribution in [0.15, 0.2) is 16.5 Å². The Morgan fingerprint density at radius 3 is 2.76 bits per heavy atom. The smallest absolute Gasteiger partial charge is 0.198 e. The van der Waals surface area contributed by atoms with Gasteiger partial charge in [0.1, 0.15) is 5.52 Å². The van der Waals surface area contributed by atoms with E-state index in [1.54, 1.807) is 6.07 Å². The van der Waals surface area contributed by atoms with Gasteiger partial charge in [-0.3, -0.25) is 0 Å². The van der Waals surface area contributed by atoms with Gasteiger partial charge in [-0.1, -0.05) is 30.9 Å². The van der Waals surface area contributed by atoms with Crippen molar-refractivity contribution in [3.63, 3.8) is 0 Å². The van der Waals surface area contributed by atoms with E-state index in [0.717, 1.165) is 11.4 Å². The van der Waals surface area contributed by atoms with Crippen molar-refractivity contribution < 1.29 is 4.42 Å². The molecular formula is C13H15ClN2O. The van der Waals surface area contributed by atoms with Crippen molar-refractivity contribution in [1.29, 1.82) is 0 Å². The molecule has 1 aromatic heterocycles. The zero-order chi connectivity index (χ0) is 11.8. The molecule has 1 heterocycles. The van der Waals surface area contributed by atoms with Gasteiger partial charge in [-0.25, -0.2) is 4.98 Å². The number of aromatic nitrogens is 1. The van der Waals surface area contributed by atoms with Gasteiger partial charge >= 0.3 is 0 Å². The first-order chi connectivity index (χ1) is 8.24. The Hall–Kier alpha value is -1.22. The van der Waals surface area contributed by atoms with Gasteiger partial charge in [-0.2, -0.15) is 0 Å². The molecule has 4 heteroatoms. The van der Waals surface area contributed by atoms with Crippen LogP contribution in [-0.2, 0) is 0 Å². The Morgan fingerprint density at radius 1 is 1.24 bits per heavy atom. The maximum Gasteiger partial charge on any atom is 0.198 e. The molecule has 1 saturated carbocycles. The van der Waals surface area contributed by atoms with E-state index in [1.807, 2.05) is 6.07 Å². The van der Waals surface area contributed by atoms with Crippen molar-refractivity contribution in [3.8, 4) is 0 Å². The Kier molecular flexibility index (Phi) is 2.71. The SMILES string of the molecule is Nc1cc(Cl)c2oc(C3CCCCC3)nc2c1. The number of anilines is 1. The number of nitrogens with zero attached hydrogens (tertiary/aromatic N) is 1. The average molecular weight is 251 g/mol. The van der Waals surface area contributed by atoms with Crippen LogP contribution in [0.1, 0.15) is 43.9 Å². The lowest BCUT2D eigenvalue weighted by atomic mass is 9.89. The number of fused-ring (bicyclic) bond motifs is 1. The van der Waals surface area contributed by atoms with E-state index in [-0.39, 0.29) is 0 Å². The summed E-state index contributed by atoms with van der Waals surface area (Å²) in [6, 6.07) is 3.52. The third-order valence-electron chi connectivity index (χ3n) is 3.44. The summed E-state index contributed by atoms with van der Waals surface area (Å²) in [7, 11) is 0. The molecule has 0 spiro atoms. The van der Waals surface area contributed by atoms with Gasteiger partial charge in [-0.05, 0) is 25.0 Å². The highest BCUT2D eigenvalue weighted by Gasteiger charge is 2.21. The number of nitrogen functional groups attached to an aromatic ring is 1. The Morgan fingerprint density at radius 2 is 2.00 bits per heavy atom. The van der Waals surface area contributed by atoms with Gasteiger partial charge < -0.3 is 10.2 Å². The summed E-state index contributed by atoms with van der Waals surface area (Å²) in [5.41, 5.74) is 7.82. The lowest BCUT2D eigenvalue weighted by Crippen LogP contribution is -2.04. The first kappa shape index (κ1) is 10.9. The third kappa shape index (κ3) is 2.00. The maximum atomic E-state index is 6.10. The number of hydrogen-bond donors (Lipinski definition) is 1. The van der Waals surface area contributed by atoms with Crippen LogP contribution in [-0.4, -0.2) is 4.98 Å². The second-order valence-electron chi connectivity index (χ2n) is 4.74. The average Bonchev–Trinajstić information content (AvgIpc) is 2.74. The molecule has 0 atom stereocenters. The highest BCUT2D eigenvalue weighted by molar-refractivity contribution is 6.35. The topological polar surface area (TPSA) is 52.0 Å². The highest BCUT2D eigenvalue weighted by atomic mass is 35.5. The minimum atomic E-state index is 0.452. The van der Waals surface area contributed by atoms with Gasteiger partial charge in [0.25, 0.3) is 0 Å². The summed E-state index contributed by atoms with van der Waals surface area (Å²) in [4.78, 5) is 4.53. The quantitative estimate of drug-likeness (QED) is 0.775. The molecule has 1 aliphatic carbocycles. The van der Waals surface area contributed by atoms with E-state index < -0.39 is 0 Å². The lowest BCUT2D eigenvalue weighted by Gasteiger charge is -2.17. The van der Waals surface area contributed by atoms with E-state index in [0.29, 0.717) is 22.2 Å². The van der Waals surface area contributed by atoms with Crippen LogP contribution in [0.25, 0.3) is 11.1 Å². The molecule has 1 aliphatic rings. The Balaban J connectivity index is 2.03. The molecule has 0 unspecified atom stereocenters. The highest BCUT2D eigenvalue weighted by Crippen LogP contribution is 2.35. The molecule has 90 valence electrons. The predicted octanol–water partition coefficient (Wildman–Crippen LogP) is 4.11. The fourth-order valence-corrected chi connectivity index (χ4v) is 2.82. The summed E-state index contributed by atoms with van der Waals surface area (Å²) >= 11 is 6.10. The number of benzene rings is 1. The molecule has 0 radical (unpaired) electrons. The second kappa shape index (κ2) is 4.22. The van der Waals surface area contributed by atoms with E-state index in [1.165, 1.54) is 32.1 Å². The lowest BCUT2D eigenvalue weighted by molar-refractivity contribution is 0.373. The van der Waals surface area contributed by atoms with Crippen molar-refractivity contribution in [2.45, 2.75) is 38.0 Å². The van der Waals surface area contributed by atoms with Crippen LogP contribution in [0.4, 0.5) is 5.69 Å². The molecule has 0 aliphatic heterocycles. The zero-order valence-electron chi connectivity index (χ0n) is 9.58. The van der Waals surface area contributed by atoms with Crippen LogP contribution in [0.2, 0.25) is 5.02 Å². The summed E-state index contributed by atoms with van der Waals surface area (Å²) in [5.74, 6) is 1.28. The molecule has 3 rings (SSSR count). The van der Waals surface area contributed by atoms with Gasteiger partial charge in [0.05, 0.1) is 5.02 Å². The van der Waals surface area contributed by atoms with Crippen LogP contribution in [0, 0.1) is 0 Å². The molecule has 17 heavy (non-hydrogen) atoms. The third-order valence-corrected chi connectivity index (χ3v) is 3.72. The van der Waals surface area contributed by atoms with Crippen LogP contribution < -0.4 is 5.73 Å². The number of halogens is 1. The van der Waals surface area contributed by atoms with Crippen molar-refractivity contribution in [3.05, 3.63) is 23.0 Å². The molecule has 0 bridgehead atoms. The minimum Gasteiger partial charge on any atom is -0.439 e. The largest absolute Gasteiger partial charge is 0.439 e. The molecule has 2 aromatic rings. The molecule has 0 amide bonds. The molecule has 1 fully saturated rings. The number of oxazole rings is 1. The van der Waals surface area contributed by atoms with Gasteiger partial charge in [0, 0.05) is 11.6 Å². The fourth-order valence-electron chi connectivity index (χ4n) is 2.55.